The maximum atomic E-state index is 13.1. The molecule has 0 saturated heterocycles. The number of benzene rings is 1. The third-order valence-corrected chi connectivity index (χ3v) is 5.11. The minimum atomic E-state index is -0.267. The number of hydrogen-bond acceptors (Lipinski definition) is 1. The van der Waals surface area contributed by atoms with E-state index in [-0.39, 0.29) is 11.2 Å². The van der Waals surface area contributed by atoms with Crippen molar-refractivity contribution in [3.05, 3.63) is 55.4 Å². The van der Waals surface area contributed by atoms with Gasteiger partial charge in [-0.2, -0.15) is 0 Å². The molecule has 0 aliphatic carbocycles. The Morgan fingerprint density at radius 3 is 2.53 bits per heavy atom. The Bertz CT molecular complexity index is 531. The number of alkyl halides is 1. The molecular weight excluding hydrogens is 323 g/mol. The molecule has 17 heavy (non-hydrogen) atoms. The molecule has 2 rings (SSSR count). The van der Waals surface area contributed by atoms with Crippen molar-refractivity contribution in [1.29, 1.82) is 0 Å². The molecule has 0 spiro atoms. The summed E-state index contributed by atoms with van der Waals surface area (Å²) >= 11 is 11.3. The highest BCUT2D eigenvalue weighted by Crippen LogP contribution is 2.36. The van der Waals surface area contributed by atoms with Crippen molar-refractivity contribution >= 4 is 38.9 Å². The summed E-state index contributed by atoms with van der Waals surface area (Å²) in [6.45, 7) is 4.15. The van der Waals surface area contributed by atoms with Gasteiger partial charge in [0.25, 0.3) is 0 Å². The molecule has 0 radical (unpaired) electrons. The standard InChI is InChI=1S/C13H11BrClFS/c1-7-5-12(17-8(7)2)13(15)9-3-4-11(16)10(14)6-9/h3-6,13H,1-2H3. The van der Waals surface area contributed by atoms with E-state index < -0.39 is 0 Å². The highest BCUT2D eigenvalue weighted by Gasteiger charge is 2.15. The molecule has 0 fully saturated rings. The average molecular weight is 334 g/mol. The quantitative estimate of drug-likeness (QED) is 0.628. The van der Waals surface area contributed by atoms with Crippen LogP contribution >= 0.6 is 38.9 Å². The van der Waals surface area contributed by atoms with Gasteiger partial charge in [0.05, 0.1) is 9.85 Å². The summed E-state index contributed by atoms with van der Waals surface area (Å²) in [5.74, 6) is -0.267. The summed E-state index contributed by atoms with van der Waals surface area (Å²) in [5, 5.41) is -0.218. The molecule has 2 aromatic rings. The fourth-order valence-corrected chi connectivity index (χ4v) is 3.34. The monoisotopic (exact) mass is 332 g/mol. The summed E-state index contributed by atoms with van der Waals surface area (Å²) in [6.07, 6.45) is 0. The van der Waals surface area contributed by atoms with E-state index in [1.54, 1.807) is 23.5 Å². The second-order valence-electron chi connectivity index (χ2n) is 3.92. The number of halogens is 3. The molecule has 1 aromatic carbocycles. The molecule has 0 amide bonds. The zero-order valence-corrected chi connectivity index (χ0v) is 12.6. The number of rotatable bonds is 2. The SMILES string of the molecule is Cc1cc(C(Cl)c2ccc(F)c(Br)c2)sc1C. The highest BCUT2D eigenvalue weighted by molar-refractivity contribution is 9.10. The molecule has 0 nitrogen and oxygen atoms in total. The minimum absolute atomic E-state index is 0.218. The van der Waals surface area contributed by atoms with Crippen LogP contribution in [0.4, 0.5) is 4.39 Å². The van der Waals surface area contributed by atoms with Crippen LogP contribution in [0.3, 0.4) is 0 Å². The van der Waals surface area contributed by atoms with E-state index in [4.69, 9.17) is 11.6 Å². The Morgan fingerprint density at radius 1 is 1.29 bits per heavy atom. The van der Waals surface area contributed by atoms with Gasteiger partial charge in [-0.3, -0.25) is 0 Å². The van der Waals surface area contributed by atoms with Gasteiger partial charge in [0.1, 0.15) is 5.82 Å². The highest BCUT2D eigenvalue weighted by atomic mass is 79.9. The van der Waals surface area contributed by atoms with Crippen LogP contribution in [0.1, 0.15) is 26.3 Å². The Kier molecular flexibility index (Phi) is 3.91. The van der Waals surface area contributed by atoms with Crippen molar-refractivity contribution in [1.82, 2.24) is 0 Å². The maximum Gasteiger partial charge on any atom is 0.137 e. The van der Waals surface area contributed by atoms with E-state index >= 15 is 0 Å². The third kappa shape index (κ3) is 2.72. The van der Waals surface area contributed by atoms with Crippen LogP contribution < -0.4 is 0 Å². The lowest BCUT2D eigenvalue weighted by Gasteiger charge is -2.08. The van der Waals surface area contributed by atoms with Gasteiger partial charge < -0.3 is 0 Å². The van der Waals surface area contributed by atoms with Crippen LogP contribution in [-0.4, -0.2) is 0 Å². The van der Waals surface area contributed by atoms with Crippen molar-refractivity contribution < 1.29 is 4.39 Å². The average Bonchev–Trinajstić information content (AvgIpc) is 2.62. The Morgan fingerprint density at radius 2 is 2.00 bits per heavy atom. The molecule has 1 heterocycles. The predicted octanol–water partition coefficient (Wildman–Crippen LogP) is 5.59. The summed E-state index contributed by atoms with van der Waals surface area (Å²) in [6, 6.07) is 6.98. The fraction of sp³-hybridized carbons (Fsp3) is 0.231. The van der Waals surface area contributed by atoms with Gasteiger partial charge in [-0.15, -0.1) is 22.9 Å². The van der Waals surface area contributed by atoms with E-state index in [1.165, 1.54) is 16.5 Å². The summed E-state index contributed by atoms with van der Waals surface area (Å²) in [5.41, 5.74) is 2.15. The van der Waals surface area contributed by atoms with E-state index in [2.05, 4.69) is 35.8 Å². The first-order valence-corrected chi connectivity index (χ1v) is 7.19. The Balaban J connectivity index is 2.36. The van der Waals surface area contributed by atoms with Gasteiger partial charge in [0.15, 0.2) is 0 Å². The first-order chi connectivity index (χ1) is 7.99. The molecule has 1 unspecified atom stereocenters. The third-order valence-electron chi connectivity index (χ3n) is 2.67. The van der Waals surface area contributed by atoms with Crippen LogP contribution in [0.15, 0.2) is 28.7 Å². The second kappa shape index (κ2) is 5.09. The van der Waals surface area contributed by atoms with Crippen LogP contribution in [0.2, 0.25) is 0 Å². The molecule has 90 valence electrons. The first kappa shape index (κ1) is 13.1. The lowest BCUT2D eigenvalue weighted by molar-refractivity contribution is 0.620. The van der Waals surface area contributed by atoms with E-state index in [0.29, 0.717) is 4.47 Å². The lowest BCUT2D eigenvalue weighted by Crippen LogP contribution is -1.91. The van der Waals surface area contributed by atoms with Crippen molar-refractivity contribution in [3.8, 4) is 0 Å². The van der Waals surface area contributed by atoms with E-state index in [9.17, 15) is 4.39 Å². The van der Waals surface area contributed by atoms with Gasteiger partial charge in [-0.1, -0.05) is 6.07 Å². The lowest BCUT2D eigenvalue weighted by atomic mass is 10.1. The summed E-state index contributed by atoms with van der Waals surface area (Å²) < 4.78 is 13.6. The van der Waals surface area contributed by atoms with Gasteiger partial charge in [-0.25, -0.2) is 4.39 Å². The molecule has 0 bridgehead atoms. The second-order valence-corrected chi connectivity index (χ2v) is 6.50. The topological polar surface area (TPSA) is 0 Å². The smallest absolute Gasteiger partial charge is 0.137 e. The molecule has 1 aromatic heterocycles. The van der Waals surface area contributed by atoms with Gasteiger partial charge >= 0.3 is 0 Å². The van der Waals surface area contributed by atoms with Crippen molar-refractivity contribution in [2.45, 2.75) is 19.2 Å². The fourth-order valence-electron chi connectivity index (χ4n) is 1.56. The molecule has 1 atom stereocenters. The molecule has 0 saturated carbocycles. The predicted molar refractivity (Wildman–Crippen MR) is 75.6 cm³/mol. The van der Waals surface area contributed by atoms with Crippen LogP contribution in [0.25, 0.3) is 0 Å². The van der Waals surface area contributed by atoms with Gasteiger partial charge in [0.2, 0.25) is 0 Å². The largest absolute Gasteiger partial charge is 0.206 e. The zero-order chi connectivity index (χ0) is 12.6. The van der Waals surface area contributed by atoms with Crippen molar-refractivity contribution in [2.24, 2.45) is 0 Å². The zero-order valence-electron chi connectivity index (χ0n) is 9.43. The number of hydrogen-bond donors (Lipinski definition) is 0. The van der Waals surface area contributed by atoms with Crippen LogP contribution in [0.5, 0.6) is 0 Å². The normalized spacial score (nSPS) is 12.8. The van der Waals surface area contributed by atoms with Crippen LogP contribution in [0, 0.1) is 19.7 Å². The molecule has 0 aliphatic rings. The Hall–Kier alpha value is -0.380. The van der Waals surface area contributed by atoms with Crippen LogP contribution in [-0.2, 0) is 0 Å². The van der Waals surface area contributed by atoms with Gasteiger partial charge in [-0.05, 0) is 59.1 Å². The van der Waals surface area contributed by atoms with E-state index in [0.717, 1.165) is 10.4 Å². The Labute approximate surface area is 118 Å². The summed E-state index contributed by atoms with van der Waals surface area (Å²) in [4.78, 5) is 2.37. The van der Waals surface area contributed by atoms with Crippen molar-refractivity contribution in [3.63, 3.8) is 0 Å². The maximum absolute atomic E-state index is 13.1. The minimum Gasteiger partial charge on any atom is -0.206 e. The molecular formula is C13H11BrClFS. The molecule has 0 N–H and O–H groups in total. The van der Waals surface area contributed by atoms with E-state index in [1.807, 2.05) is 0 Å². The van der Waals surface area contributed by atoms with Crippen molar-refractivity contribution in [2.75, 3.05) is 0 Å². The summed E-state index contributed by atoms with van der Waals surface area (Å²) in [7, 11) is 0. The van der Waals surface area contributed by atoms with Gasteiger partial charge in [0, 0.05) is 9.75 Å². The number of thiophene rings is 1. The number of aryl methyl sites for hydroxylation is 2. The first-order valence-electron chi connectivity index (χ1n) is 5.15. The molecule has 4 heteroatoms. The molecule has 0 aliphatic heterocycles.